The highest BCUT2D eigenvalue weighted by atomic mass is 79.9. The van der Waals surface area contributed by atoms with Crippen LogP contribution >= 0.6 is 27.3 Å². The van der Waals surface area contributed by atoms with Crippen molar-refractivity contribution in [2.45, 2.75) is 6.92 Å². The molecule has 0 N–H and O–H groups in total. The van der Waals surface area contributed by atoms with Crippen LogP contribution in [0, 0.1) is 11.3 Å². The van der Waals surface area contributed by atoms with E-state index in [1.54, 1.807) is 41.8 Å². The van der Waals surface area contributed by atoms with Gasteiger partial charge in [-0.15, -0.1) is 11.3 Å². The average molecular weight is 553 g/mol. The van der Waals surface area contributed by atoms with Crippen molar-refractivity contribution < 1.29 is 23.4 Å². The number of methoxy groups -OCH3 is 2. The molecule has 0 unspecified atom stereocenters. The quantitative estimate of drug-likeness (QED) is 0.130. The number of nitriles is 1. The number of benzene rings is 2. The van der Waals surface area contributed by atoms with Gasteiger partial charge in [0.15, 0.2) is 11.5 Å². The highest BCUT2D eigenvalue weighted by Gasteiger charge is 2.18. The largest absolute Gasteiger partial charge is 0.493 e. The van der Waals surface area contributed by atoms with E-state index in [4.69, 9.17) is 18.6 Å². The predicted octanol–water partition coefficient (Wildman–Crippen LogP) is 5.69. The Morgan fingerprint density at radius 3 is 2.51 bits per heavy atom. The molecule has 0 spiro atoms. The summed E-state index contributed by atoms with van der Waals surface area (Å²) in [6.07, 6.45) is 1.60. The lowest BCUT2D eigenvalue weighted by atomic mass is 10.1. The SMILES string of the molecule is COc1cc(C=C(C#N)c2nc(-c3cc4cc(Br)ccc4oc3=O)cs2)cc(OC)c1OC(C)=O. The van der Waals surface area contributed by atoms with Crippen LogP contribution in [0.4, 0.5) is 0 Å². The summed E-state index contributed by atoms with van der Waals surface area (Å²) in [5, 5.41) is 12.7. The van der Waals surface area contributed by atoms with Crippen LogP contribution in [0.25, 0.3) is 33.9 Å². The highest BCUT2D eigenvalue weighted by Crippen LogP contribution is 2.40. The van der Waals surface area contributed by atoms with E-state index in [0.29, 0.717) is 27.4 Å². The number of nitrogens with zero attached hydrogens (tertiary/aromatic N) is 2. The smallest absolute Gasteiger partial charge is 0.345 e. The van der Waals surface area contributed by atoms with Crippen LogP contribution < -0.4 is 19.8 Å². The maximum absolute atomic E-state index is 12.6. The zero-order valence-electron chi connectivity index (χ0n) is 18.7. The van der Waals surface area contributed by atoms with Crippen LogP contribution in [-0.2, 0) is 4.79 Å². The number of hydrogen-bond donors (Lipinski definition) is 0. The van der Waals surface area contributed by atoms with E-state index in [0.717, 1.165) is 9.86 Å². The van der Waals surface area contributed by atoms with Crippen LogP contribution in [0.3, 0.4) is 0 Å². The van der Waals surface area contributed by atoms with Crippen molar-refractivity contribution in [3.05, 3.63) is 67.2 Å². The topological polar surface area (TPSA) is 112 Å². The summed E-state index contributed by atoms with van der Waals surface area (Å²) in [5.74, 6) is 0.151. The minimum absolute atomic E-state index is 0.143. The average Bonchev–Trinajstić information content (AvgIpc) is 3.32. The molecule has 0 fully saturated rings. The van der Waals surface area contributed by atoms with Gasteiger partial charge in [0.05, 0.1) is 31.1 Å². The van der Waals surface area contributed by atoms with E-state index in [1.165, 1.54) is 32.5 Å². The molecule has 0 amide bonds. The summed E-state index contributed by atoms with van der Waals surface area (Å²) < 4.78 is 22.2. The Bertz CT molecular complexity index is 1560. The van der Waals surface area contributed by atoms with Gasteiger partial charge in [0.25, 0.3) is 0 Å². The number of carbonyl (C=O) groups is 1. The van der Waals surface area contributed by atoms with Gasteiger partial charge in [-0.3, -0.25) is 4.79 Å². The van der Waals surface area contributed by atoms with Gasteiger partial charge in [0.2, 0.25) is 5.75 Å². The van der Waals surface area contributed by atoms with E-state index in [2.05, 4.69) is 27.0 Å². The van der Waals surface area contributed by atoms with Crippen molar-refractivity contribution in [2.75, 3.05) is 14.2 Å². The first-order valence-electron chi connectivity index (χ1n) is 10.1. The van der Waals surface area contributed by atoms with Gasteiger partial charge in [0, 0.05) is 22.2 Å². The monoisotopic (exact) mass is 552 g/mol. The summed E-state index contributed by atoms with van der Waals surface area (Å²) in [7, 11) is 2.86. The number of ether oxygens (including phenoxy) is 3. The normalized spacial score (nSPS) is 11.2. The van der Waals surface area contributed by atoms with E-state index >= 15 is 0 Å². The number of fused-ring (bicyclic) bond motifs is 1. The van der Waals surface area contributed by atoms with Gasteiger partial charge in [0.1, 0.15) is 16.7 Å². The fourth-order valence-electron chi connectivity index (χ4n) is 3.33. The summed E-state index contributed by atoms with van der Waals surface area (Å²) in [6.45, 7) is 1.27. The maximum atomic E-state index is 12.6. The summed E-state index contributed by atoms with van der Waals surface area (Å²) >= 11 is 4.63. The van der Waals surface area contributed by atoms with Crippen molar-refractivity contribution in [3.63, 3.8) is 0 Å². The van der Waals surface area contributed by atoms with Gasteiger partial charge in [-0.25, -0.2) is 9.78 Å². The molecule has 0 aliphatic carbocycles. The summed E-state index contributed by atoms with van der Waals surface area (Å²) in [6, 6.07) is 12.4. The first kappa shape index (κ1) is 24.2. The van der Waals surface area contributed by atoms with E-state index in [1.807, 2.05) is 6.07 Å². The molecule has 0 bridgehead atoms. The lowest BCUT2D eigenvalue weighted by Gasteiger charge is -2.13. The molecule has 2 aromatic carbocycles. The third-order valence-electron chi connectivity index (χ3n) is 4.86. The molecule has 8 nitrogen and oxygen atoms in total. The minimum Gasteiger partial charge on any atom is -0.493 e. The van der Waals surface area contributed by atoms with Crippen LogP contribution in [0.1, 0.15) is 17.5 Å². The zero-order valence-corrected chi connectivity index (χ0v) is 21.2. The minimum atomic E-state index is -0.525. The van der Waals surface area contributed by atoms with Crippen molar-refractivity contribution in [2.24, 2.45) is 0 Å². The molecule has 0 aliphatic rings. The maximum Gasteiger partial charge on any atom is 0.345 e. The molecular weight excluding hydrogens is 536 g/mol. The van der Waals surface area contributed by atoms with Crippen LogP contribution in [0.5, 0.6) is 17.2 Å². The van der Waals surface area contributed by atoms with E-state index in [9.17, 15) is 14.9 Å². The number of carbonyl (C=O) groups excluding carboxylic acids is 1. The van der Waals surface area contributed by atoms with Crippen molar-refractivity contribution in [1.82, 2.24) is 4.98 Å². The number of thiazole rings is 1. The molecular formula is C25H17BrN2O6S. The molecule has 4 aromatic rings. The highest BCUT2D eigenvalue weighted by molar-refractivity contribution is 9.10. The summed E-state index contributed by atoms with van der Waals surface area (Å²) in [4.78, 5) is 28.5. The third-order valence-corrected chi connectivity index (χ3v) is 6.23. The van der Waals surface area contributed by atoms with Crippen LogP contribution in [-0.4, -0.2) is 25.2 Å². The number of aromatic nitrogens is 1. The number of esters is 1. The van der Waals surface area contributed by atoms with Gasteiger partial charge in [-0.05, 0) is 48.0 Å². The standard InChI is InChI=1S/C25H17BrN2O6S/c1-13(29)33-23-21(31-2)7-14(8-22(23)32-3)6-16(11-27)24-28-19(12-35-24)18-10-15-9-17(26)4-5-20(15)34-25(18)30/h4-10,12H,1-3H3. The second-order valence-electron chi connectivity index (χ2n) is 7.19. The third kappa shape index (κ3) is 5.11. The first-order chi connectivity index (χ1) is 16.8. The number of allylic oxidation sites excluding steroid dienone is 1. The van der Waals surface area contributed by atoms with E-state index < -0.39 is 11.6 Å². The van der Waals surface area contributed by atoms with Gasteiger partial charge in [-0.2, -0.15) is 5.26 Å². The van der Waals surface area contributed by atoms with Gasteiger partial charge >= 0.3 is 11.6 Å². The zero-order chi connectivity index (χ0) is 25.1. The lowest BCUT2D eigenvalue weighted by Crippen LogP contribution is -2.05. The van der Waals surface area contributed by atoms with E-state index in [-0.39, 0.29) is 22.8 Å². The second-order valence-corrected chi connectivity index (χ2v) is 8.96. The molecule has 4 rings (SSSR count). The van der Waals surface area contributed by atoms with Crippen LogP contribution in [0.15, 0.2) is 55.5 Å². The molecule has 35 heavy (non-hydrogen) atoms. The molecule has 0 saturated carbocycles. The van der Waals surface area contributed by atoms with Crippen LogP contribution in [0.2, 0.25) is 0 Å². The molecule has 0 aliphatic heterocycles. The fraction of sp³-hybridized carbons (Fsp3) is 0.120. The Morgan fingerprint density at radius 1 is 1.17 bits per heavy atom. The molecule has 2 heterocycles. The molecule has 0 saturated heterocycles. The lowest BCUT2D eigenvalue weighted by molar-refractivity contribution is -0.132. The molecule has 176 valence electrons. The summed E-state index contributed by atoms with van der Waals surface area (Å²) in [5.41, 5.74) is 1.48. The number of halogens is 1. The molecule has 2 aromatic heterocycles. The van der Waals surface area contributed by atoms with Gasteiger partial charge in [-0.1, -0.05) is 15.9 Å². The van der Waals surface area contributed by atoms with Crippen molar-refractivity contribution in [3.8, 4) is 34.6 Å². The first-order valence-corrected chi connectivity index (χ1v) is 11.8. The Balaban J connectivity index is 1.75. The number of rotatable bonds is 6. The Hall–Kier alpha value is -3.94. The Labute approximate surface area is 212 Å². The molecule has 10 heteroatoms. The van der Waals surface area contributed by atoms with Gasteiger partial charge < -0.3 is 18.6 Å². The van der Waals surface area contributed by atoms with Crippen molar-refractivity contribution >= 4 is 55.9 Å². The predicted molar refractivity (Wildman–Crippen MR) is 136 cm³/mol. The Morgan fingerprint density at radius 2 is 1.89 bits per heavy atom. The fourth-order valence-corrected chi connectivity index (χ4v) is 4.49. The number of hydrogen-bond acceptors (Lipinski definition) is 9. The Kier molecular flexibility index (Phi) is 7.00. The molecule has 0 atom stereocenters. The second kappa shape index (κ2) is 10.1. The molecule has 0 radical (unpaired) electrons. The van der Waals surface area contributed by atoms with Crippen molar-refractivity contribution in [1.29, 1.82) is 5.26 Å².